The van der Waals surface area contributed by atoms with Gasteiger partial charge in [-0.3, -0.25) is 9.59 Å². The molecule has 2 N–H and O–H groups in total. The highest BCUT2D eigenvalue weighted by Crippen LogP contribution is 2.36. The van der Waals surface area contributed by atoms with Gasteiger partial charge in [-0.2, -0.15) is 0 Å². The molecule has 1 unspecified atom stereocenters. The fourth-order valence-corrected chi connectivity index (χ4v) is 4.32. The van der Waals surface area contributed by atoms with E-state index in [1.165, 1.54) is 11.8 Å². The van der Waals surface area contributed by atoms with Crippen molar-refractivity contribution in [3.8, 4) is 0 Å². The summed E-state index contributed by atoms with van der Waals surface area (Å²) in [5, 5.41) is 9.11. The van der Waals surface area contributed by atoms with E-state index in [0.717, 1.165) is 16.0 Å². The maximum atomic E-state index is 13.1. The molecule has 1 heterocycles. The molecular weight excluding hydrogens is 434 g/mol. The van der Waals surface area contributed by atoms with E-state index in [1.54, 1.807) is 19.1 Å². The Labute approximate surface area is 196 Å². The average molecular weight is 458 g/mol. The number of aromatic nitrogens is 1. The van der Waals surface area contributed by atoms with Gasteiger partial charge in [-0.1, -0.05) is 53.7 Å². The van der Waals surface area contributed by atoms with Gasteiger partial charge in [0.2, 0.25) is 5.91 Å². The van der Waals surface area contributed by atoms with Crippen LogP contribution < -0.4 is 10.6 Å². The van der Waals surface area contributed by atoms with Crippen LogP contribution in [0.15, 0.2) is 94.3 Å². The van der Waals surface area contributed by atoms with E-state index in [-0.39, 0.29) is 11.8 Å². The number of carbonyl (C=O) groups excluding carboxylic acids is 2. The molecule has 0 saturated heterocycles. The number of benzene rings is 3. The monoisotopic (exact) mass is 457 g/mol. The Bertz CT molecular complexity index is 1250. The fraction of sp³-hybridized carbons (Fsp3) is 0.115. The first-order valence-corrected chi connectivity index (χ1v) is 11.3. The third kappa shape index (κ3) is 5.70. The van der Waals surface area contributed by atoms with Gasteiger partial charge in [-0.15, -0.1) is 11.8 Å². The lowest BCUT2D eigenvalue weighted by Gasteiger charge is -2.16. The van der Waals surface area contributed by atoms with Crippen LogP contribution in [0.3, 0.4) is 0 Å². The molecule has 0 aliphatic rings. The number of aryl methyl sites for hydroxylation is 2. The topological polar surface area (TPSA) is 84.2 Å². The number of nitrogens with one attached hydrogen (secondary N) is 2. The second-order valence-corrected chi connectivity index (χ2v) is 8.69. The highest BCUT2D eigenvalue weighted by atomic mass is 32.2. The van der Waals surface area contributed by atoms with Crippen LogP contribution in [0.25, 0.3) is 0 Å². The molecule has 3 aromatic carbocycles. The van der Waals surface area contributed by atoms with Crippen molar-refractivity contribution in [1.82, 2.24) is 5.16 Å². The number of thioether (sulfide) groups is 1. The molecule has 4 aromatic rings. The summed E-state index contributed by atoms with van der Waals surface area (Å²) in [5.41, 5.74) is 3.12. The van der Waals surface area contributed by atoms with Gasteiger partial charge in [0.05, 0.1) is 0 Å². The van der Waals surface area contributed by atoms with Crippen molar-refractivity contribution in [2.24, 2.45) is 0 Å². The van der Waals surface area contributed by atoms with Gasteiger partial charge in [0, 0.05) is 22.2 Å². The molecular formula is C26H23N3O3S. The smallest absolute Gasteiger partial charge is 0.255 e. The highest BCUT2D eigenvalue weighted by molar-refractivity contribution is 8.00. The molecule has 1 aromatic heterocycles. The van der Waals surface area contributed by atoms with Crippen molar-refractivity contribution in [2.45, 2.75) is 24.0 Å². The minimum atomic E-state index is -0.490. The first kappa shape index (κ1) is 22.4. The molecule has 0 fully saturated rings. The Morgan fingerprint density at radius 1 is 0.879 bits per heavy atom. The summed E-state index contributed by atoms with van der Waals surface area (Å²) in [5.74, 6) is 0.653. The van der Waals surface area contributed by atoms with E-state index < -0.39 is 5.25 Å². The van der Waals surface area contributed by atoms with Gasteiger partial charge in [0.25, 0.3) is 5.91 Å². The molecule has 0 saturated carbocycles. The number of nitrogens with zero attached hydrogens (tertiary/aromatic N) is 1. The lowest BCUT2D eigenvalue weighted by Crippen LogP contribution is -2.19. The zero-order chi connectivity index (χ0) is 23.2. The summed E-state index contributed by atoms with van der Waals surface area (Å²) in [6.45, 7) is 3.68. The van der Waals surface area contributed by atoms with Crippen LogP contribution in [0.1, 0.15) is 32.5 Å². The molecule has 0 aliphatic heterocycles. The first-order valence-electron chi connectivity index (χ1n) is 10.4. The van der Waals surface area contributed by atoms with Gasteiger partial charge >= 0.3 is 0 Å². The zero-order valence-corrected chi connectivity index (χ0v) is 19.1. The molecule has 0 aliphatic carbocycles. The number of rotatable bonds is 7. The van der Waals surface area contributed by atoms with Crippen LogP contribution in [-0.4, -0.2) is 17.0 Å². The third-order valence-corrected chi connectivity index (χ3v) is 6.24. The minimum Gasteiger partial charge on any atom is -0.360 e. The molecule has 7 heteroatoms. The number of hydrogen-bond acceptors (Lipinski definition) is 5. The summed E-state index contributed by atoms with van der Waals surface area (Å²) >= 11 is 1.42. The molecule has 2 amide bonds. The van der Waals surface area contributed by atoms with E-state index >= 15 is 0 Å². The number of amides is 2. The Hall–Kier alpha value is -3.84. The predicted octanol–water partition coefficient (Wildman–Crippen LogP) is 6.02. The number of hydrogen-bond donors (Lipinski definition) is 2. The van der Waals surface area contributed by atoms with Crippen LogP contribution in [0.5, 0.6) is 0 Å². The van der Waals surface area contributed by atoms with Gasteiger partial charge in [-0.05, 0) is 55.3 Å². The van der Waals surface area contributed by atoms with E-state index in [1.807, 2.05) is 79.7 Å². The van der Waals surface area contributed by atoms with E-state index in [2.05, 4.69) is 15.8 Å². The van der Waals surface area contributed by atoms with Gasteiger partial charge in [0.1, 0.15) is 11.0 Å². The lowest BCUT2D eigenvalue weighted by atomic mass is 10.1. The minimum absolute atomic E-state index is 0.155. The van der Waals surface area contributed by atoms with Crippen molar-refractivity contribution in [2.75, 3.05) is 10.6 Å². The zero-order valence-electron chi connectivity index (χ0n) is 18.2. The highest BCUT2D eigenvalue weighted by Gasteiger charge is 2.23. The molecule has 33 heavy (non-hydrogen) atoms. The molecule has 1 atom stereocenters. The molecule has 0 spiro atoms. The fourth-order valence-electron chi connectivity index (χ4n) is 3.30. The van der Waals surface area contributed by atoms with Crippen LogP contribution in [0.4, 0.5) is 11.5 Å². The van der Waals surface area contributed by atoms with Gasteiger partial charge in [-0.25, -0.2) is 0 Å². The molecule has 166 valence electrons. The molecule has 6 nitrogen and oxygen atoms in total. The van der Waals surface area contributed by atoms with Gasteiger partial charge in [0.15, 0.2) is 5.82 Å². The van der Waals surface area contributed by atoms with E-state index in [9.17, 15) is 9.59 Å². The summed E-state index contributed by atoms with van der Waals surface area (Å²) in [6.07, 6.45) is 0. The van der Waals surface area contributed by atoms with Crippen LogP contribution in [0.2, 0.25) is 0 Å². The lowest BCUT2D eigenvalue weighted by molar-refractivity contribution is -0.115. The Morgan fingerprint density at radius 3 is 2.24 bits per heavy atom. The maximum Gasteiger partial charge on any atom is 0.255 e. The second-order valence-electron chi connectivity index (χ2n) is 7.51. The largest absolute Gasteiger partial charge is 0.360 e. The second kappa shape index (κ2) is 10.2. The average Bonchev–Trinajstić information content (AvgIpc) is 3.23. The van der Waals surface area contributed by atoms with Crippen LogP contribution in [-0.2, 0) is 4.79 Å². The van der Waals surface area contributed by atoms with Crippen molar-refractivity contribution in [3.05, 3.63) is 107 Å². The normalized spacial score (nSPS) is 11.6. The third-order valence-electron chi connectivity index (χ3n) is 4.98. The summed E-state index contributed by atoms with van der Waals surface area (Å²) in [6, 6.07) is 26.1. The quantitative estimate of drug-likeness (QED) is 0.332. The molecule has 0 bridgehead atoms. The molecule has 4 rings (SSSR count). The Morgan fingerprint density at radius 2 is 1.58 bits per heavy atom. The van der Waals surface area contributed by atoms with Crippen LogP contribution >= 0.6 is 11.8 Å². The first-order chi connectivity index (χ1) is 16.0. The van der Waals surface area contributed by atoms with Crippen molar-refractivity contribution in [1.29, 1.82) is 0 Å². The van der Waals surface area contributed by atoms with Crippen molar-refractivity contribution < 1.29 is 14.1 Å². The summed E-state index contributed by atoms with van der Waals surface area (Å²) in [7, 11) is 0. The van der Waals surface area contributed by atoms with E-state index in [0.29, 0.717) is 22.8 Å². The standard InChI is InChI=1S/C26H23N3O3S/c1-17-8-6-7-11-22(17)25(30)27-20-12-14-21(15-13-20)33-24(19-9-4-3-5-10-19)26(31)28-23-16-18(2)32-29-23/h3-16,24H,1-2H3,(H,27,30)(H,28,29,31). The van der Waals surface area contributed by atoms with E-state index in [4.69, 9.17) is 4.52 Å². The Kier molecular flexibility index (Phi) is 6.90. The Balaban J connectivity index is 1.48. The summed E-state index contributed by atoms with van der Waals surface area (Å²) in [4.78, 5) is 26.5. The van der Waals surface area contributed by atoms with Gasteiger partial charge < -0.3 is 15.2 Å². The van der Waals surface area contributed by atoms with Crippen molar-refractivity contribution >= 4 is 35.1 Å². The number of carbonyl (C=O) groups is 2. The maximum absolute atomic E-state index is 13.1. The predicted molar refractivity (Wildman–Crippen MR) is 130 cm³/mol. The van der Waals surface area contributed by atoms with Crippen LogP contribution in [0, 0.1) is 13.8 Å². The SMILES string of the molecule is Cc1cc(NC(=O)C(Sc2ccc(NC(=O)c3ccccc3C)cc2)c2ccccc2)no1. The molecule has 0 radical (unpaired) electrons. The summed E-state index contributed by atoms with van der Waals surface area (Å²) < 4.78 is 5.05. The van der Waals surface area contributed by atoms with Crippen molar-refractivity contribution in [3.63, 3.8) is 0 Å². The number of anilines is 2.